The van der Waals surface area contributed by atoms with E-state index in [0.29, 0.717) is 23.4 Å². The molecule has 0 amide bonds. The Morgan fingerprint density at radius 2 is 1.65 bits per heavy atom. The molecule has 6 heteroatoms. The van der Waals surface area contributed by atoms with Gasteiger partial charge in [0.15, 0.2) is 5.75 Å². The first-order chi connectivity index (χ1) is 9.56. The zero-order valence-corrected chi connectivity index (χ0v) is 13.6. The summed E-state index contributed by atoms with van der Waals surface area (Å²) in [7, 11) is 0. The summed E-state index contributed by atoms with van der Waals surface area (Å²) < 4.78 is 25.5. The second kappa shape index (κ2) is 6.95. The number of benzene rings is 2. The van der Waals surface area contributed by atoms with E-state index >= 15 is 0 Å². The van der Waals surface area contributed by atoms with Crippen molar-refractivity contribution >= 4 is 37.5 Å². The molecule has 0 aliphatic heterocycles. The van der Waals surface area contributed by atoms with Gasteiger partial charge in [0.1, 0.15) is 24.8 Å². The van der Waals surface area contributed by atoms with Crippen LogP contribution in [0.15, 0.2) is 45.3 Å². The van der Waals surface area contributed by atoms with Gasteiger partial charge in [0.25, 0.3) is 0 Å². The maximum absolute atomic E-state index is 13.1. The fraction of sp³-hybridized carbons (Fsp3) is 0.143. The number of rotatable bonds is 5. The van der Waals surface area contributed by atoms with E-state index in [1.807, 2.05) is 24.3 Å². The molecular weight excluding hydrogens is 393 g/mol. The van der Waals surface area contributed by atoms with E-state index in [2.05, 4.69) is 31.9 Å². The van der Waals surface area contributed by atoms with E-state index < -0.39 is 5.82 Å². The summed E-state index contributed by atoms with van der Waals surface area (Å²) in [6.45, 7) is 0.676. The lowest BCUT2D eigenvalue weighted by Gasteiger charge is -2.12. The Labute approximate surface area is 133 Å². The lowest BCUT2D eigenvalue weighted by molar-refractivity contribution is 0.217. The second-order valence-electron chi connectivity index (χ2n) is 3.96. The summed E-state index contributed by atoms with van der Waals surface area (Å²) in [5.41, 5.74) is 5.94. The third-order valence-corrected chi connectivity index (χ3v) is 3.57. The van der Waals surface area contributed by atoms with E-state index in [1.54, 1.807) is 0 Å². The minimum Gasteiger partial charge on any atom is -0.490 e. The fourth-order valence-corrected chi connectivity index (χ4v) is 2.39. The van der Waals surface area contributed by atoms with Crippen LogP contribution in [0.1, 0.15) is 0 Å². The zero-order chi connectivity index (χ0) is 14.5. The third-order valence-electron chi connectivity index (χ3n) is 2.45. The molecule has 2 rings (SSSR count). The van der Waals surface area contributed by atoms with Gasteiger partial charge in [0, 0.05) is 10.5 Å². The molecule has 3 nitrogen and oxygen atoms in total. The molecular formula is C14H12Br2FNO2. The van der Waals surface area contributed by atoms with E-state index in [-0.39, 0.29) is 5.69 Å². The Bertz CT molecular complexity index is 567. The van der Waals surface area contributed by atoms with Gasteiger partial charge in [0.2, 0.25) is 0 Å². The number of halogens is 3. The number of nitrogens with two attached hydrogens (primary N) is 1. The minimum atomic E-state index is -0.409. The molecule has 0 radical (unpaired) electrons. The topological polar surface area (TPSA) is 44.5 Å². The molecule has 0 bridgehead atoms. The highest BCUT2D eigenvalue weighted by atomic mass is 79.9. The van der Waals surface area contributed by atoms with Crippen LogP contribution in [0.2, 0.25) is 0 Å². The molecule has 106 valence electrons. The van der Waals surface area contributed by atoms with Crippen LogP contribution in [0.3, 0.4) is 0 Å². The van der Waals surface area contributed by atoms with Crippen LogP contribution in [0, 0.1) is 5.82 Å². The van der Waals surface area contributed by atoms with Crippen LogP contribution in [0.5, 0.6) is 11.5 Å². The van der Waals surface area contributed by atoms with Crippen molar-refractivity contribution in [2.75, 3.05) is 18.9 Å². The SMILES string of the molecule is Nc1cc(F)cc(Br)c1OCCOc1ccc(Br)cc1. The number of nitrogen functional groups attached to an aromatic ring is 1. The molecule has 0 saturated heterocycles. The average Bonchev–Trinajstić information content (AvgIpc) is 2.39. The van der Waals surface area contributed by atoms with Crippen LogP contribution < -0.4 is 15.2 Å². The van der Waals surface area contributed by atoms with Gasteiger partial charge >= 0.3 is 0 Å². The Morgan fingerprint density at radius 1 is 1.00 bits per heavy atom. The molecule has 0 spiro atoms. The van der Waals surface area contributed by atoms with Gasteiger partial charge in [-0.25, -0.2) is 4.39 Å². The predicted octanol–water partition coefficient (Wildman–Crippen LogP) is 4.39. The summed E-state index contributed by atoms with van der Waals surface area (Å²) in [6.07, 6.45) is 0. The largest absolute Gasteiger partial charge is 0.490 e. The smallest absolute Gasteiger partial charge is 0.156 e. The first-order valence-electron chi connectivity index (χ1n) is 5.82. The first kappa shape index (κ1) is 15.1. The van der Waals surface area contributed by atoms with Crippen molar-refractivity contribution in [2.24, 2.45) is 0 Å². The van der Waals surface area contributed by atoms with E-state index in [1.165, 1.54) is 12.1 Å². The summed E-state index contributed by atoms with van der Waals surface area (Å²) in [6, 6.07) is 10.0. The van der Waals surface area contributed by atoms with E-state index in [9.17, 15) is 4.39 Å². The normalized spacial score (nSPS) is 10.3. The van der Waals surface area contributed by atoms with Crippen LogP contribution in [0.25, 0.3) is 0 Å². The highest BCUT2D eigenvalue weighted by Crippen LogP contribution is 2.32. The van der Waals surface area contributed by atoms with E-state index in [0.717, 1.165) is 10.2 Å². The van der Waals surface area contributed by atoms with Crippen molar-refractivity contribution in [3.8, 4) is 11.5 Å². The predicted molar refractivity (Wildman–Crippen MR) is 83.6 cm³/mol. The molecule has 0 aliphatic rings. The molecule has 0 fully saturated rings. The van der Waals surface area contributed by atoms with Crippen molar-refractivity contribution in [3.63, 3.8) is 0 Å². The number of hydrogen-bond donors (Lipinski definition) is 1. The number of hydrogen-bond acceptors (Lipinski definition) is 3. The Balaban J connectivity index is 1.86. The second-order valence-corrected chi connectivity index (χ2v) is 5.73. The fourth-order valence-electron chi connectivity index (χ4n) is 1.57. The maximum atomic E-state index is 13.1. The number of anilines is 1. The zero-order valence-electron chi connectivity index (χ0n) is 10.4. The number of ether oxygens (including phenoxy) is 2. The molecule has 0 unspecified atom stereocenters. The highest BCUT2D eigenvalue weighted by molar-refractivity contribution is 9.10. The van der Waals surface area contributed by atoms with E-state index in [4.69, 9.17) is 15.2 Å². The van der Waals surface area contributed by atoms with Gasteiger partial charge < -0.3 is 15.2 Å². The standard InChI is InChI=1S/C14H12Br2FNO2/c15-9-1-3-11(4-2-9)19-5-6-20-14-12(16)7-10(17)8-13(14)18/h1-4,7-8H,5-6,18H2. The summed E-state index contributed by atoms with van der Waals surface area (Å²) in [5.74, 6) is 0.765. The lowest BCUT2D eigenvalue weighted by Crippen LogP contribution is -2.10. The Hall–Kier alpha value is -1.27. The van der Waals surface area contributed by atoms with Crippen molar-refractivity contribution in [1.82, 2.24) is 0 Å². The summed E-state index contributed by atoms with van der Waals surface area (Å²) in [4.78, 5) is 0. The van der Waals surface area contributed by atoms with Gasteiger partial charge in [-0.2, -0.15) is 0 Å². The first-order valence-corrected chi connectivity index (χ1v) is 7.40. The Kier molecular flexibility index (Phi) is 5.25. The lowest BCUT2D eigenvalue weighted by atomic mass is 10.3. The minimum absolute atomic E-state index is 0.250. The van der Waals surface area contributed by atoms with Crippen molar-refractivity contribution in [2.45, 2.75) is 0 Å². The van der Waals surface area contributed by atoms with Crippen LogP contribution in [-0.2, 0) is 0 Å². The third kappa shape index (κ3) is 4.11. The molecule has 0 saturated carbocycles. The van der Waals surface area contributed by atoms with Crippen LogP contribution >= 0.6 is 31.9 Å². The summed E-state index contributed by atoms with van der Waals surface area (Å²) >= 11 is 6.56. The Morgan fingerprint density at radius 3 is 2.30 bits per heavy atom. The van der Waals surface area contributed by atoms with Gasteiger partial charge in [0.05, 0.1) is 10.2 Å². The van der Waals surface area contributed by atoms with Gasteiger partial charge in [-0.15, -0.1) is 0 Å². The van der Waals surface area contributed by atoms with Gasteiger partial charge in [-0.1, -0.05) is 15.9 Å². The van der Waals surface area contributed by atoms with Gasteiger partial charge in [-0.3, -0.25) is 0 Å². The summed E-state index contributed by atoms with van der Waals surface area (Å²) in [5, 5.41) is 0. The molecule has 0 aromatic heterocycles. The average molecular weight is 405 g/mol. The van der Waals surface area contributed by atoms with Crippen molar-refractivity contribution < 1.29 is 13.9 Å². The molecule has 0 atom stereocenters. The maximum Gasteiger partial charge on any atom is 0.156 e. The van der Waals surface area contributed by atoms with Crippen molar-refractivity contribution in [1.29, 1.82) is 0 Å². The van der Waals surface area contributed by atoms with Crippen LogP contribution in [0.4, 0.5) is 10.1 Å². The molecule has 0 heterocycles. The quantitative estimate of drug-likeness (QED) is 0.593. The molecule has 20 heavy (non-hydrogen) atoms. The molecule has 2 aromatic rings. The molecule has 2 aromatic carbocycles. The van der Waals surface area contributed by atoms with Crippen molar-refractivity contribution in [3.05, 3.63) is 51.2 Å². The van der Waals surface area contributed by atoms with Crippen LogP contribution in [-0.4, -0.2) is 13.2 Å². The molecule has 0 aliphatic carbocycles. The van der Waals surface area contributed by atoms with Gasteiger partial charge in [-0.05, 0) is 46.3 Å². The highest BCUT2D eigenvalue weighted by Gasteiger charge is 2.08. The monoisotopic (exact) mass is 403 g/mol. The molecule has 2 N–H and O–H groups in total.